The number of thiol groups is 1. The van der Waals surface area contributed by atoms with Crippen LogP contribution in [0.4, 0.5) is 0 Å². The van der Waals surface area contributed by atoms with Crippen LogP contribution in [0.2, 0.25) is 0 Å². The summed E-state index contributed by atoms with van der Waals surface area (Å²) in [5, 5.41) is 0.168. The summed E-state index contributed by atoms with van der Waals surface area (Å²) in [5.41, 5.74) is 1.20. The van der Waals surface area contributed by atoms with Gasteiger partial charge in [-0.3, -0.25) is 4.79 Å². The molecule has 0 aliphatic heterocycles. The van der Waals surface area contributed by atoms with Crippen LogP contribution in [0, 0.1) is 5.92 Å². The smallest absolute Gasteiger partial charge is 0.132 e. The fraction of sp³-hybridized carbons (Fsp3) is 0.500. The number of ketones is 1. The van der Waals surface area contributed by atoms with Gasteiger partial charge in [-0.05, 0) is 25.3 Å². The van der Waals surface area contributed by atoms with Crippen molar-refractivity contribution < 1.29 is 4.79 Å². The van der Waals surface area contributed by atoms with Crippen molar-refractivity contribution in [1.82, 2.24) is 0 Å². The van der Waals surface area contributed by atoms with E-state index in [1.165, 1.54) is 5.56 Å². The van der Waals surface area contributed by atoms with Gasteiger partial charge < -0.3 is 0 Å². The highest BCUT2D eigenvalue weighted by atomic mass is 32.1. The summed E-state index contributed by atoms with van der Waals surface area (Å²) < 4.78 is 0. The van der Waals surface area contributed by atoms with Gasteiger partial charge in [0.15, 0.2) is 0 Å². The van der Waals surface area contributed by atoms with Crippen LogP contribution < -0.4 is 0 Å². The normalized spacial score (nSPS) is 14.4. The van der Waals surface area contributed by atoms with E-state index in [1.807, 2.05) is 18.2 Å². The minimum atomic E-state index is 0.160. The maximum absolute atomic E-state index is 11.5. The Balaban J connectivity index is 2.61. The van der Waals surface area contributed by atoms with Crippen molar-refractivity contribution in [3.63, 3.8) is 0 Å². The Morgan fingerprint density at radius 1 is 1.31 bits per heavy atom. The quantitative estimate of drug-likeness (QED) is 0.737. The second-order valence-electron chi connectivity index (χ2n) is 4.26. The first-order chi connectivity index (χ1) is 7.65. The second kappa shape index (κ2) is 6.74. The Kier molecular flexibility index (Phi) is 5.61. The average Bonchev–Trinajstić information content (AvgIpc) is 2.29. The number of rotatable bonds is 6. The zero-order valence-electron chi connectivity index (χ0n) is 10.0. The van der Waals surface area contributed by atoms with Crippen molar-refractivity contribution in [2.24, 2.45) is 5.92 Å². The Hall–Kier alpha value is -0.760. The number of Topliss-reactive ketones (excluding diaryl/α,β-unsaturated/α-hetero) is 1. The zero-order chi connectivity index (χ0) is 12.0. The van der Waals surface area contributed by atoms with E-state index in [0.717, 1.165) is 19.3 Å². The Morgan fingerprint density at radius 2 is 1.94 bits per heavy atom. The van der Waals surface area contributed by atoms with Crippen LogP contribution in [-0.4, -0.2) is 5.78 Å². The third kappa shape index (κ3) is 4.01. The molecule has 2 unspecified atom stereocenters. The number of hydrogen-bond donors (Lipinski definition) is 1. The van der Waals surface area contributed by atoms with Crippen molar-refractivity contribution in [2.45, 2.75) is 38.4 Å². The molecule has 1 nitrogen and oxygen atoms in total. The molecule has 0 radical (unpaired) electrons. The molecule has 0 aliphatic carbocycles. The summed E-state index contributed by atoms with van der Waals surface area (Å²) in [7, 11) is 0. The fourth-order valence-electron chi connectivity index (χ4n) is 1.92. The molecule has 1 aromatic carbocycles. The Labute approximate surface area is 104 Å². The first-order valence-electron chi connectivity index (χ1n) is 5.88. The molecule has 1 aromatic rings. The van der Waals surface area contributed by atoms with Gasteiger partial charge in [-0.2, -0.15) is 12.6 Å². The molecule has 0 fully saturated rings. The van der Waals surface area contributed by atoms with Crippen LogP contribution in [0.15, 0.2) is 30.3 Å². The third-order valence-corrected chi connectivity index (χ3v) is 3.41. The van der Waals surface area contributed by atoms with Crippen LogP contribution in [0.5, 0.6) is 0 Å². The zero-order valence-corrected chi connectivity index (χ0v) is 10.9. The minimum Gasteiger partial charge on any atom is -0.300 e. The largest absolute Gasteiger partial charge is 0.300 e. The molecule has 0 heterocycles. The van der Waals surface area contributed by atoms with E-state index in [-0.39, 0.29) is 17.0 Å². The summed E-state index contributed by atoms with van der Waals surface area (Å²) in [6.45, 7) is 3.80. The lowest BCUT2D eigenvalue weighted by Gasteiger charge is -2.17. The predicted octanol–water partition coefficient (Wildman–Crippen LogP) is 4.05. The van der Waals surface area contributed by atoms with E-state index in [1.54, 1.807) is 6.92 Å². The fourth-order valence-corrected chi connectivity index (χ4v) is 2.34. The van der Waals surface area contributed by atoms with Gasteiger partial charge in [0.1, 0.15) is 5.78 Å². The average molecular weight is 236 g/mol. The van der Waals surface area contributed by atoms with E-state index in [4.69, 9.17) is 0 Å². The molecule has 2 atom stereocenters. The summed E-state index contributed by atoms with van der Waals surface area (Å²) in [4.78, 5) is 11.5. The first kappa shape index (κ1) is 13.3. The molecule has 16 heavy (non-hydrogen) atoms. The van der Waals surface area contributed by atoms with Gasteiger partial charge in [0.25, 0.3) is 0 Å². The van der Waals surface area contributed by atoms with Gasteiger partial charge in [0.2, 0.25) is 0 Å². The lowest BCUT2D eigenvalue weighted by Crippen LogP contribution is -2.13. The molecule has 0 bridgehead atoms. The monoisotopic (exact) mass is 236 g/mol. The summed E-state index contributed by atoms with van der Waals surface area (Å²) in [5.74, 6) is 0.449. The van der Waals surface area contributed by atoms with Gasteiger partial charge in [0.05, 0.1) is 0 Å². The van der Waals surface area contributed by atoms with E-state index >= 15 is 0 Å². The number of carbonyl (C=O) groups is 1. The van der Waals surface area contributed by atoms with Crippen molar-refractivity contribution in [1.29, 1.82) is 0 Å². The lowest BCUT2D eigenvalue weighted by molar-refractivity contribution is -0.121. The van der Waals surface area contributed by atoms with Crippen LogP contribution >= 0.6 is 12.6 Å². The molecule has 0 saturated carbocycles. The molecule has 0 amide bonds. The van der Waals surface area contributed by atoms with Gasteiger partial charge in [-0.15, -0.1) is 0 Å². The first-order valence-corrected chi connectivity index (χ1v) is 6.40. The highest BCUT2D eigenvalue weighted by Crippen LogP contribution is 2.29. The summed E-state index contributed by atoms with van der Waals surface area (Å²) in [6, 6.07) is 10.2. The predicted molar refractivity (Wildman–Crippen MR) is 71.9 cm³/mol. The summed E-state index contributed by atoms with van der Waals surface area (Å²) in [6.07, 6.45) is 2.87. The molecule has 0 spiro atoms. The molecule has 0 aliphatic rings. The number of hydrogen-bond acceptors (Lipinski definition) is 2. The number of carbonyl (C=O) groups excluding carboxylic acids is 1. The maximum atomic E-state index is 11.5. The van der Waals surface area contributed by atoms with E-state index in [2.05, 4.69) is 31.7 Å². The molecule has 0 N–H and O–H groups in total. The van der Waals surface area contributed by atoms with E-state index in [0.29, 0.717) is 0 Å². The molecular weight excluding hydrogens is 216 g/mol. The topological polar surface area (TPSA) is 17.1 Å². The van der Waals surface area contributed by atoms with Crippen molar-refractivity contribution >= 4 is 18.4 Å². The van der Waals surface area contributed by atoms with Gasteiger partial charge in [-0.25, -0.2) is 0 Å². The molecule has 1 rings (SSSR count). The van der Waals surface area contributed by atoms with Gasteiger partial charge in [0, 0.05) is 11.2 Å². The van der Waals surface area contributed by atoms with Crippen LogP contribution in [0.3, 0.4) is 0 Å². The molecular formula is C14H20OS. The van der Waals surface area contributed by atoms with Crippen LogP contribution in [-0.2, 0) is 4.79 Å². The van der Waals surface area contributed by atoms with Crippen molar-refractivity contribution in [2.75, 3.05) is 0 Å². The van der Waals surface area contributed by atoms with Gasteiger partial charge >= 0.3 is 0 Å². The minimum absolute atomic E-state index is 0.160. The SMILES string of the molecule is CCCC(CC(S)c1ccccc1)C(C)=O. The summed E-state index contributed by atoms with van der Waals surface area (Å²) >= 11 is 4.59. The molecule has 88 valence electrons. The van der Waals surface area contributed by atoms with Crippen LogP contribution in [0.25, 0.3) is 0 Å². The Morgan fingerprint density at radius 3 is 2.44 bits per heavy atom. The van der Waals surface area contributed by atoms with Gasteiger partial charge in [-0.1, -0.05) is 43.7 Å². The highest BCUT2D eigenvalue weighted by molar-refractivity contribution is 7.80. The Bertz CT molecular complexity index is 321. The number of benzene rings is 1. The van der Waals surface area contributed by atoms with Crippen molar-refractivity contribution in [3.05, 3.63) is 35.9 Å². The molecule has 0 aromatic heterocycles. The third-order valence-electron chi connectivity index (χ3n) is 2.90. The van der Waals surface area contributed by atoms with E-state index in [9.17, 15) is 4.79 Å². The van der Waals surface area contributed by atoms with E-state index < -0.39 is 0 Å². The maximum Gasteiger partial charge on any atom is 0.132 e. The second-order valence-corrected chi connectivity index (χ2v) is 4.88. The lowest BCUT2D eigenvalue weighted by atomic mass is 9.92. The van der Waals surface area contributed by atoms with Crippen LogP contribution in [0.1, 0.15) is 43.9 Å². The molecule has 2 heteroatoms. The molecule has 0 saturated heterocycles. The highest BCUT2D eigenvalue weighted by Gasteiger charge is 2.18. The standard InChI is InChI=1S/C14H20OS/c1-3-7-13(11(2)15)10-14(16)12-8-5-4-6-9-12/h4-6,8-9,13-14,16H,3,7,10H2,1-2H3. The van der Waals surface area contributed by atoms with Crippen molar-refractivity contribution in [3.8, 4) is 0 Å².